The Morgan fingerprint density at radius 1 is 0.667 bits per heavy atom. The summed E-state index contributed by atoms with van der Waals surface area (Å²) in [6.07, 6.45) is 7.75. The monoisotopic (exact) mass is 816 g/mol. The molecule has 0 spiro atoms. The maximum Gasteiger partial charge on any atom is 0.162 e. The lowest BCUT2D eigenvalue weighted by Gasteiger charge is -2.48. The number of fused-ring (bicyclic) bond motifs is 4. The molecular formula is C52H60N6OS. The van der Waals surface area contributed by atoms with Crippen molar-refractivity contribution >= 4 is 17.0 Å². The van der Waals surface area contributed by atoms with Gasteiger partial charge in [-0.25, -0.2) is 0 Å². The first kappa shape index (κ1) is 40.5. The van der Waals surface area contributed by atoms with Crippen molar-refractivity contribution in [3.63, 3.8) is 0 Å². The van der Waals surface area contributed by atoms with Gasteiger partial charge < -0.3 is 14.9 Å². The van der Waals surface area contributed by atoms with Crippen LogP contribution < -0.4 is 0 Å². The fourth-order valence-electron chi connectivity index (χ4n) is 9.99. The van der Waals surface area contributed by atoms with Crippen LogP contribution in [0.15, 0.2) is 114 Å². The SMILES string of the molecule is Cc1sc2c(c1C)C(c1ccc(C3CN(CC4CC(CN5CC(c6ccccc6)C5)C4)C3)cc1)=N[C@@H](C)c1nnc(C)n1-2.Oc1ccc2c(c1)CCCC2.c1ccccc1. The molecule has 0 amide bonds. The van der Waals surface area contributed by atoms with Gasteiger partial charge >= 0.3 is 0 Å². The first-order chi connectivity index (χ1) is 29.3. The Morgan fingerprint density at radius 2 is 1.23 bits per heavy atom. The Kier molecular flexibility index (Phi) is 12.1. The van der Waals surface area contributed by atoms with Crippen LogP contribution in [0.5, 0.6) is 5.75 Å². The first-order valence-corrected chi connectivity index (χ1v) is 23.1. The summed E-state index contributed by atoms with van der Waals surface area (Å²) in [6, 6.07) is 38.0. The fraction of sp³-hybridized carbons (Fsp3) is 0.404. The minimum Gasteiger partial charge on any atom is -0.508 e. The van der Waals surface area contributed by atoms with Crippen LogP contribution in [0.4, 0.5) is 0 Å². The van der Waals surface area contributed by atoms with Crippen molar-refractivity contribution in [3.05, 3.63) is 165 Å². The van der Waals surface area contributed by atoms with E-state index >= 15 is 0 Å². The lowest BCUT2D eigenvalue weighted by molar-refractivity contribution is 0.0375. The number of hydrogen-bond acceptors (Lipinski definition) is 7. The predicted octanol–water partition coefficient (Wildman–Crippen LogP) is 10.6. The van der Waals surface area contributed by atoms with Crippen molar-refractivity contribution in [2.75, 3.05) is 39.3 Å². The molecule has 0 radical (unpaired) electrons. The molecule has 2 aromatic heterocycles. The van der Waals surface area contributed by atoms with E-state index in [-0.39, 0.29) is 6.04 Å². The topological polar surface area (TPSA) is 69.8 Å². The third-order valence-electron chi connectivity index (χ3n) is 13.6. The average Bonchev–Trinajstić information content (AvgIpc) is 3.72. The van der Waals surface area contributed by atoms with Crippen LogP contribution in [0.1, 0.15) is 106 Å². The summed E-state index contributed by atoms with van der Waals surface area (Å²) in [5.74, 6) is 5.47. The molecule has 2 aliphatic carbocycles. The van der Waals surface area contributed by atoms with Gasteiger partial charge in [0.2, 0.25) is 0 Å². The average molecular weight is 817 g/mol. The molecule has 1 N–H and O–H groups in total. The van der Waals surface area contributed by atoms with E-state index in [1.807, 2.05) is 66.8 Å². The lowest BCUT2D eigenvalue weighted by Crippen LogP contribution is -2.51. The first-order valence-electron chi connectivity index (χ1n) is 22.3. The Labute approximate surface area is 360 Å². The summed E-state index contributed by atoms with van der Waals surface area (Å²) in [7, 11) is 0. The molecule has 310 valence electrons. The molecule has 2 saturated heterocycles. The van der Waals surface area contributed by atoms with Crippen molar-refractivity contribution in [2.24, 2.45) is 16.8 Å². The Balaban J connectivity index is 0.000000224. The molecule has 5 aliphatic rings. The zero-order valence-electron chi connectivity index (χ0n) is 35.8. The lowest BCUT2D eigenvalue weighted by atomic mass is 9.73. The van der Waals surface area contributed by atoms with E-state index < -0.39 is 0 Å². The molecule has 8 heteroatoms. The zero-order chi connectivity index (χ0) is 41.2. The predicted molar refractivity (Wildman–Crippen MR) is 246 cm³/mol. The van der Waals surface area contributed by atoms with E-state index in [0.717, 1.165) is 41.5 Å². The number of benzene rings is 4. The van der Waals surface area contributed by atoms with E-state index in [1.165, 1.54) is 120 Å². The zero-order valence-corrected chi connectivity index (χ0v) is 36.6. The molecule has 0 bridgehead atoms. The molecule has 3 aliphatic heterocycles. The third-order valence-corrected chi connectivity index (χ3v) is 14.8. The normalized spacial score (nSPS) is 21.2. The summed E-state index contributed by atoms with van der Waals surface area (Å²) in [4.78, 5) is 11.9. The molecule has 1 saturated carbocycles. The minimum atomic E-state index is -0.0430. The Hall–Kier alpha value is -4.89. The summed E-state index contributed by atoms with van der Waals surface area (Å²) in [5, 5.41) is 19.3. The van der Waals surface area contributed by atoms with Crippen LogP contribution in [-0.2, 0) is 12.8 Å². The van der Waals surface area contributed by atoms with Crippen molar-refractivity contribution in [3.8, 4) is 10.8 Å². The number of aromatic hydroxyl groups is 1. The molecule has 4 aromatic carbocycles. The van der Waals surface area contributed by atoms with Crippen LogP contribution in [0, 0.1) is 32.6 Å². The molecule has 6 aromatic rings. The molecule has 60 heavy (non-hydrogen) atoms. The van der Waals surface area contributed by atoms with Gasteiger partial charge in [-0.2, -0.15) is 0 Å². The Morgan fingerprint density at radius 3 is 1.85 bits per heavy atom. The number of likely N-dealkylation sites (tertiary alicyclic amines) is 2. The molecule has 11 rings (SSSR count). The standard InChI is InChI=1S/C36H42N6S.C10H12O.C6H6/c1-22-24(3)43-36-33(22)34(37-23(2)35-39-38-25(4)42(35)36)30-12-10-29(11-13-30)32-20-41(21-32)17-27-14-26(15-27)16-40-18-31(19-40)28-8-6-5-7-9-28;11-10-6-5-8-3-1-2-4-9(8)7-10;1-2-4-6-5-3-1/h5-13,23,26-27,31-32H,14-21H2,1-4H3;5-7,11H,1-4H2;1-6H/t23-,26?,27?;;/m0../s1. The number of phenols is 1. The number of rotatable bonds is 7. The summed E-state index contributed by atoms with van der Waals surface area (Å²) in [5.41, 5.74) is 10.6. The van der Waals surface area contributed by atoms with Crippen LogP contribution in [-0.4, -0.2) is 74.7 Å². The van der Waals surface area contributed by atoms with Crippen LogP contribution in [0.25, 0.3) is 5.00 Å². The maximum atomic E-state index is 9.19. The maximum absolute atomic E-state index is 9.19. The molecule has 5 heterocycles. The molecule has 3 fully saturated rings. The smallest absolute Gasteiger partial charge is 0.162 e. The summed E-state index contributed by atoms with van der Waals surface area (Å²) >= 11 is 1.82. The van der Waals surface area contributed by atoms with Gasteiger partial charge in [0.05, 0.1) is 5.71 Å². The van der Waals surface area contributed by atoms with Gasteiger partial charge in [-0.15, -0.1) is 21.5 Å². The molecule has 7 nitrogen and oxygen atoms in total. The van der Waals surface area contributed by atoms with E-state index in [2.05, 4.69) is 99.9 Å². The van der Waals surface area contributed by atoms with Crippen LogP contribution in [0.3, 0.4) is 0 Å². The summed E-state index contributed by atoms with van der Waals surface area (Å²) in [6.45, 7) is 16.1. The number of phenolic OH excluding ortho intramolecular Hbond substituents is 1. The van der Waals surface area contributed by atoms with Crippen molar-refractivity contribution < 1.29 is 5.11 Å². The van der Waals surface area contributed by atoms with Gasteiger partial charge in [-0.1, -0.05) is 97.1 Å². The van der Waals surface area contributed by atoms with E-state index in [0.29, 0.717) is 11.7 Å². The second kappa shape index (κ2) is 18.0. The van der Waals surface area contributed by atoms with Gasteiger partial charge in [0.1, 0.15) is 22.6 Å². The highest BCUT2D eigenvalue weighted by Crippen LogP contribution is 2.41. The highest BCUT2D eigenvalue weighted by atomic mass is 32.1. The number of nitrogens with zero attached hydrogens (tertiary/aromatic N) is 6. The van der Waals surface area contributed by atoms with Crippen LogP contribution >= 0.6 is 11.3 Å². The number of hydrogen-bond donors (Lipinski definition) is 1. The van der Waals surface area contributed by atoms with Crippen LogP contribution in [0.2, 0.25) is 0 Å². The Bertz CT molecular complexity index is 2360. The highest BCUT2D eigenvalue weighted by molar-refractivity contribution is 7.15. The molecule has 0 unspecified atom stereocenters. The number of aliphatic imine (C=N–C) groups is 1. The van der Waals surface area contributed by atoms with E-state index in [9.17, 15) is 5.11 Å². The van der Waals surface area contributed by atoms with E-state index in [4.69, 9.17) is 4.99 Å². The molecule has 1 atom stereocenters. The highest BCUT2D eigenvalue weighted by Gasteiger charge is 2.38. The van der Waals surface area contributed by atoms with E-state index in [1.54, 1.807) is 6.07 Å². The van der Waals surface area contributed by atoms with Gasteiger partial charge in [0.15, 0.2) is 5.82 Å². The summed E-state index contributed by atoms with van der Waals surface area (Å²) < 4.78 is 2.22. The van der Waals surface area contributed by atoms with Gasteiger partial charge in [-0.3, -0.25) is 9.56 Å². The number of thiophene rings is 1. The number of aryl methyl sites for hydroxylation is 4. The van der Waals surface area contributed by atoms with Crippen molar-refractivity contribution in [1.82, 2.24) is 24.6 Å². The second-order valence-electron chi connectivity index (χ2n) is 17.9. The fourth-order valence-corrected chi connectivity index (χ4v) is 11.2. The molecular weight excluding hydrogens is 757 g/mol. The largest absolute Gasteiger partial charge is 0.508 e. The minimum absolute atomic E-state index is 0.0430. The number of aromatic nitrogens is 3. The van der Waals surface area contributed by atoms with Crippen molar-refractivity contribution in [1.29, 1.82) is 0 Å². The van der Waals surface area contributed by atoms with Gasteiger partial charge in [-0.05, 0) is 118 Å². The quantitative estimate of drug-likeness (QED) is 0.174. The van der Waals surface area contributed by atoms with Crippen molar-refractivity contribution in [2.45, 2.75) is 84.1 Å². The van der Waals surface area contributed by atoms with Gasteiger partial charge in [0.25, 0.3) is 0 Å². The third kappa shape index (κ3) is 8.79. The second-order valence-corrected chi connectivity index (χ2v) is 19.1. The van der Waals surface area contributed by atoms with Gasteiger partial charge in [0, 0.05) is 67.1 Å².